The highest BCUT2D eigenvalue weighted by Crippen LogP contribution is 2.23. The number of nitrogens with one attached hydrogen (secondary N) is 3. The third kappa shape index (κ3) is 5.12. The molecule has 2 amide bonds. The summed E-state index contributed by atoms with van der Waals surface area (Å²) in [5.74, 6) is 0.300. The summed E-state index contributed by atoms with van der Waals surface area (Å²) in [7, 11) is 1.77. The Labute approximate surface area is 176 Å². The molecule has 156 valence electrons. The van der Waals surface area contributed by atoms with Crippen molar-refractivity contribution in [3.8, 4) is 0 Å². The van der Waals surface area contributed by atoms with Crippen molar-refractivity contribution in [1.29, 1.82) is 0 Å². The molecule has 0 spiro atoms. The summed E-state index contributed by atoms with van der Waals surface area (Å²) in [6.45, 7) is 6.01. The first-order valence-electron chi connectivity index (χ1n) is 10.0. The maximum Gasteiger partial charge on any atom is 0.256 e. The Bertz CT molecular complexity index is 1050. The van der Waals surface area contributed by atoms with Crippen LogP contribution in [0.5, 0.6) is 0 Å². The number of nitrogens with zero attached hydrogens (tertiary/aromatic N) is 2. The van der Waals surface area contributed by atoms with Crippen LogP contribution in [0, 0.1) is 0 Å². The third-order valence-corrected chi connectivity index (χ3v) is 4.88. The lowest BCUT2D eigenvalue weighted by atomic mass is 10.1. The Kier molecular flexibility index (Phi) is 6.98. The van der Waals surface area contributed by atoms with Gasteiger partial charge in [0.05, 0.1) is 17.6 Å². The normalized spacial score (nSPS) is 10.8. The number of pyridine rings is 1. The number of amides is 2. The lowest BCUT2D eigenvalue weighted by Crippen LogP contribution is -2.32. The largest absolute Gasteiger partial charge is 0.373 e. The summed E-state index contributed by atoms with van der Waals surface area (Å²) in [4.78, 5) is 31.8. The molecule has 3 aromatic rings. The average Bonchev–Trinajstić information content (AvgIpc) is 2.76. The second kappa shape index (κ2) is 9.84. The predicted molar refractivity (Wildman–Crippen MR) is 122 cm³/mol. The first-order valence-corrected chi connectivity index (χ1v) is 10.0. The van der Waals surface area contributed by atoms with Crippen molar-refractivity contribution in [1.82, 2.24) is 9.88 Å². The highest BCUT2D eigenvalue weighted by atomic mass is 16.2. The van der Waals surface area contributed by atoms with E-state index in [0.717, 1.165) is 24.0 Å². The second-order valence-corrected chi connectivity index (χ2v) is 6.87. The number of rotatable bonds is 8. The molecule has 7 nitrogen and oxygen atoms in total. The molecule has 0 bridgehead atoms. The standard InChI is InChI=1S/C23H27N5O2/c1-4-28(5-2)15-22(29)25-16-9-8-10-17(13-16)26-23(30)19-14-21(24-3)27-20-12-7-6-11-18(19)20/h6-14H,4-5,15H2,1-3H3,(H,24,27)(H,25,29)(H,26,30). The molecule has 0 aliphatic carbocycles. The molecule has 30 heavy (non-hydrogen) atoms. The van der Waals surface area contributed by atoms with E-state index in [0.29, 0.717) is 29.3 Å². The first kappa shape index (κ1) is 21.3. The first-order chi connectivity index (χ1) is 14.5. The van der Waals surface area contributed by atoms with Crippen LogP contribution < -0.4 is 16.0 Å². The zero-order valence-corrected chi connectivity index (χ0v) is 17.5. The molecular weight excluding hydrogens is 378 g/mol. The van der Waals surface area contributed by atoms with E-state index in [1.54, 1.807) is 37.4 Å². The van der Waals surface area contributed by atoms with Crippen LogP contribution in [0.2, 0.25) is 0 Å². The van der Waals surface area contributed by atoms with Crippen molar-refractivity contribution in [3.05, 3.63) is 60.2 Å². The Hall–Kier alpha value is -3.45. The predicted octanol–water partition coefficient (Wildman–Crippen LogP) is 3.81. The molecular formula is C23H27N5O2. The van der Waals surface area contributed by atoms with Gasteiger partial charge in [0.1, 0.15) is 5.82 Å². The fourth-order valence-corrected chi connectivity index (χ4v) is 3.22. The van der Waals surface area contributed by atoms with Gasteiger partial charge in [0.15, 0.2) is 0 Å². The molecule has 0 radical (unpaired) electrons. The summed E-state index contributed by atoms with van der Waals surface area (Å²) in [6, 6.07) is 16.4. The minimum absolute atomic E-state index is 0.0824. The van der Waals surface area contributed by atoms with Gasteiger partial charge in [-0.05, 0) is 43.4 Å². The summed E-state index contributed by atoms with van der Waals surface area (Å²) >= 11 is 0. The van der Waals surface area contributed by atoms with Crippen LogP contribution in [0.1, 0.15) is 24.2 Å². The topological polar surface area (TPSA) is 86.4 Å². The van der Waals surface area contributed by atoms with E-state index in [9.17, 15) is 9.59 Å². The van der Waals surface area contributed by atoms with E-state index in [4.69, 9.17) is 0 Å². The monoisotopic (exact) mass is 405 g/mol. The Morgan fingerprint density at radius 2 is 1.63 bits per heavy atom. The van der Waals surface area contributed by atoms with Crippen molar-refractivity contribution < 1.29 is 9.59 Å². The van der Waals surface area contributed by atoms with Gasteiger partial charge in [-0.15, -0.1) is 0 Å². The fraction of sp³-hybridized carbons (Fsp3) is 0.261. The fourth-order valence-electron chi connectivity index (χ4n) is 3.22. The van der Waals surface area contributed by atoms with Crippen LogP contribution in [0.25, 0.3) is 10.9 Å². The number of anilines is 3. The highest BCUT2D eigenvalue weighted by molar-refractivity contribution is 6.13. The molecule has 0 aliphatic rings. The van der Waals surface area contributed by atoms with E-state index < -0.39 is 0 Å². The van der Waals surface area contributed by atoms with Crippen molar-refractivity contribution in [2.45, 2.75) is 13.8 Å². The van der Waals surface area contributed by atoms with E-state index in [-0.39, 0.29) is 11.8 Å². The maximum absolute atomic E-state index is 13.0. The molecule has 0 atom stereocenters. The van der Waals surface area contributed by atoms with Gasteiger partial charge < -0.3 is 16.0 Å². The molecule has 1 aromatic heterocycles. The highest BCUT2D eigenvalue weighted by Gasteiger charge is 2.14. The smallest absolute Gasteiger partial charge is 0.256 e. The second-order valence-electron chi connectivity index (χ2n) is 6.87. The van der Waals surface area contributed by atoms with Crippen LogP contribution in [0.15, 0.2) is 54.6 Å². The van der Waals surface area contributed by atoms with Gasteiger partial charge in [-0.25, -0.2) is 4.98 Å². The molecule has 7 heteroatoms. The van der Waals surface area contributed by atoms with Gasteiger partial charge in [-0.3, -0.25) is 14.5 Å². The van der Waals surface area contributed by atoms with Crippen LogP contribution in [0.3, 0.4) is 0 Å². The quantitative estimate of drug-likeness (QED) is 0.531. The average molecular weight is 406 g/mol. The lowest BCUT2D eigenvalue weighted by Gasteiger charge is -2.17. The number of para-hydroxylation sites is 1. The SMILES string of the molecule is CCN(CC)CC(=O)Nc1cccc(NC(=O)c2cc(NC)nc3ccccc23)c1. The summed E-state index contributed by atoms with van der Waals surface area (Å²) < 4.78 is 0. The van der Waals surface area contributed by atoms with Crippen molar-refractivity contribution in [3.63, 3.8) is 0 Å². The molecule has 0 fully saturated rings. The van der Waals surface area contributed by atoms with Gasteiger partial charge in [-0.1, -0.05) is 38.1 Å². The van der Waals surface area contributed by atoms with E-state index in [2.05, 4.69) is 20.9 Å². The summed E-state index contributed by atoms with van der Waals surface area (Å²) in [5.41, 5.74) is 2.51. The van der Waals surface area contributed by atoms with Crippen LogP contribution in [0.4, 0.5) is 17.2 Å². The number of benzene rings is 2. The van der Waals surface area contributed by atoms with Gasteiger partial charge in [0.25, 0.3) is 5.91 Å². The van der Waals surface area contributed by atoms with E-state index in [1.807, 2.05) is 43.0 Å². The number of hydrogen-bond donors (Lipinski definition) is 3. The lowest BCUT2D eigenvalue weighted by molar-refractivity contribution is -0.117. The minimum Gasteiger partial charge on any atom is -0.373 e. The zero-order chi connectivity index (χ0) is 21.5. The summed E-state index contributed by atoms with van der Waals surface area (Å²) in [5, 5.41) is 9.58. The van der Waals surface area contributed by atoms with E-state index >= 15 is 0 Å². The number of hydrogen-bond acceptors (Lipinski definition) is 5. The van der Waals surface area contributed by atoms with E-state index in [1.165, 1.54) is 0 Å². The summed E-state index contributed by atoms with van der Waals surface area (Å²) in [6.07, 6.45) is 0. The Morgan fingerprint density at radius 1 is 0.933 bits per heavy atom. The molecule has 1 heterocycles. The van der Waals surface area contributed by atoms with Crippen LogP contribution in [-0.2, 0) is 4.79 Å². The zero-order valence-electron chi connectivity index (χ0n) is 17.5. The molecule has 3 N–H and O–H groups in total. The molecule has 2 aromatic carbocycles. The van der Waals surface area contributed by atoms with Gasteiger partial charge in [0, 0.05) is 23.8 Å². The molecule has 0 saturated carbocycles. The van der Waals surface area contributed by atoms with Gasteiger partial charge in [0.2, 0.25) is 5.91 Å². The Morgan fingerprint density at radius 3 is 2.33 bits per heavy atom. The minimum atomic E-state index is -0.239. The number of fused-ring (bicyclic) bond motifs is 1. The molecule has 0 saturated heterocycles. The van der Waals surface area contributed by atoms with Crippen LogP contribution in [-0.4, -0.2) is 48.4 Å². The maximum atomic E-state index is 13.0. The van der Waals surface area contributed by atoms with Gasteiger partial charge in [-0.2, -0.15) is 0 Å². The van der Waals surface area contributed by atoms with Crippen molar-refractivity contribution >= 4 is 39.9 Å². The molecule has 3 rings (SSSR count). The number of aromatic nitrogens is 1. The van der Waals surface area contributed by atoms with Crippen molar-refractivity contribution in [2.75, 3.05) is 42.6 Å². The Balaban J connectivity index is 1.77. The van der Waals surface area contributed by atoms with Crippen molar-refractivity contribution in [2.24, 2.45) is 0 Å². The molecule has 0 unspecified atom stereocenters. The van der Waals surface area contributed by atoms with Crippen LogP contribution >= 0.6 is 0 Å². The molecule has 0 aliphatic heterocycles. The number of likely N-dealkylation sites (N-methyl/N-ethyl adjacent to an activating group) is 1. The third-order valence-electron chi connectivity index (χ3n) is 4.88. The number of carbonyl (C=O) groups is 2. The van der Waals surface area contributed by atoms with Gasteiger partial charge >= 0.3 is 0 Å². The number of carbonyl (C=O) groups excluding carboxylic acids is 2.